The number of aliphatic carboxylic acids is 1. The van der Waals surface area contributed by atoms with Gasteiger partial charge in [0.1, 0.15) is 5.41 Å². The summed E-state index contributed by atoms with van der Waals surface area (Å²) in [6.45, 7) is 0. The van der Waals surface area contributed by atoms with E-state index in [9.17, 15) is 39.6 Å². The predicted octanol–water partition coefficient (Wildman–Crippen LogP) is 11.6. The third-order valence-corrected chi connectivity index (χ3v) is 13.5. The molecule has 0 aromatic heterocycles. The highest BCUT2D eigenvalue weighted by atomic mass is 79.9. The van der Waals surface area contributed by atoms with Crippen molar-refractivity contribution in [1.29, 1.82) is 0 Å². The number of aromatic carboxylic acids is 3. The number of halogens is 3. The van der Waals surface area contributed by atoms with Gasteiger partial charge >= 0.3 is 23.9 Å². The lowest BCUT2D eigenvalue weighted by molar-refractivity contribution is -0.141. The van der Waals surface area contributed by atoms with Crippen LogP contribution in [0.5, 0.6) is 0 Å². The molecule has 0 spiro atoms. The van der Waals surface area contributed by atoms with E-state index in [1.165, 1.54) is 36.4 Å². The molecule has 0 fully saturated rings. The topological polar surface area (TPSA) is 149 Å². The zero-order chi connectivity index (χ0) is 40.6. The van der Waals surface area contributed by atoms with Gasteiger partial charge in [0.05, 0.1) is 21.5 Å². The number of alkyl halides is 1. The zero-order valence-electron chi connectivity index (χ0n) is 29.5. The van der Waals surface area contributed by atoms with Crippen LogP contribution in [0.1, 0.15) is 42.2 Å². The number of carbonyl (C=O) groups is 4. The normalized spacial score (nSPS) is 16.5. The lowest BCUT2D eigenvalue weighted by Gasteiger charge is -2.39. The first-order chi connectivity index (χ1) is 27.3. The maximum atomic E-state index is 13.8. The largest absolute Gasteiger partial charge is 0.480 e. The first kappa shape index (κ1) is 39.4. The molecule has 0 bridgehead atoms. The Hall–Kier alpha value is -5.88. The van der Waals surface area contributed by atoms with Gasteiger partial charge in [0, 0.05) is 8.96 Å². The summed E-state index contributed by atoms with van der Waals surface area (Å²) in [4.78, 5) is 47.8. The van der Waals surface area contributed by atoms with Crippen LogP contribution in [-0.2, 0) is 10.2 Å². The van der Waals surface area contributed by atoms with Crippen LogP contribution in [0.15, 0.2) is 155 Å². The third-order valence-electron chi connectivity index (χ3n) is 9.98. The third kappa shape index (κ3) is 7.53. The molecule has 0 saturated carbocycles. The molecule has 2 atom stereocenters. The molecule has 0 saturated heterocycles. The summed E-state index contributed by atoms with van der Waals surface area (Å²) in [5.41, 5.74) is 6.50. The van der Waals surface area contributed by atoms with Crippen LogP contribution in [0.4, 0.5) is 0 Å². The van der Waals surface area contributed by atoms with Crippen LogP contribution in [0, 0.1) is 0 Å². The summed E-state index contributed by atoms with van der Waals surface area (Å²) in [6.07, 6.45) is 1.77. The van der Waals surface area contributed by atoms with Crippen molar-refractivity contribution in [3.63, 3.8) is 0 Å². The van der Waals surface area contributed by atoms with Crippen molar-refractivity contribution in [3.05, 3.63) is 182 Å². The monoisotopic (exact) mass is 946 g/mol. The average Bonchev–Trinajstić information content (AvgIpc) is 3.22. The Kier molecular flexibility index (Phi) is 11.0. The molecule has 0 amide bonds. The maximum absolute atomic E-state index is 13.8. The number of allylic oxidation sites excluding steroid dienone is 3. The smallest absolute Gasteiger partial charge is 0.335 e. The fourth-order valence-electron chi connectivity index (χ4n) is 6.95. The summed E-state index contributed by atoms with van der Waals surface area (Å²) >= 11 is 11.4. The number of rotatable bonds is 10. The van der Waals surface area contributed by atoms with Crippen molar-refractivity contribution in [2.24, 2.45) is 0 Å². The van der Waals surface area contributed by atoms with E-state index < -0.39 is 34.1 Å². The Morgan fingerprint density at radius 1 is 0.456 bits per heavy atom. The van der Waals surface area contributed by atoms with Crippen molar-refractivity contribution in [1.82, 2.24) is 0 Å². The molecule has 8 nitrogen and oxygen atoms in total. The molecule has 0 heterocycles. The maximum Gasteiger partial charge on any atom is 0.335 e. The molecule has 57 heavy (non-hydrogen) atoms. The molecule has 1 aliphatic rings. The van der Waals surface area contributed by atoms with E-state index >= 15 is 0 Å². The molecule has 6 aromatic carbocycles. The number of hydrogen-bond acceptors (Lipinski definition) is 4. The van der Waals surface area contributed by atoms with Crippen LogP contribution < -0.4 is 0 Å². The van der Waals surface area contributed by atoms with Crippen LogP contribution in [0.3, 0.4) is 0 Å². The SMILES string of the molecule is O=C(O)c1ccc(-c2cc(C3=C(Br)C(Br)C(C(=O)O)(c4cc(-c5ccccc5)cc(-c5ccc(C(=O)O)cc5)c4)C(Br)=C3)cc(-c3ccc(C(=O)O)cc3)c2)cc1. The van der Waals surface area contributed by atoms with Crippen LogP contribution >= 0.6 is 47.8 Å². The van der Waals surface area contributed by atoms with Crippen molar-refractivity contribution in [3.8, 4) is 44.5 Å². The fourth-order valence-corrected chi connectivity index (χ4v) is 9.75. The lowest BCUT2D eigenvalue weighted by Crippen LogP contribution is -2.46. The molecule has 1 aliphatic carbocycles. The highest BCUT2D eigenvalue weighted by Gasteiger charge is 2.53. The first-order valence-corrected chi connectivity index (χ1v) is 19.8. The highest BCUT2D eigenvalue weighted by molar-refractivity contribution is 9.14. The molecule has 282 valence electrons. The molecular weight excluding hydrogens is 920 g/mol. The Labute approximate surface area is 351 Å². The Balaban J connectivity index is 1.40. The van der Waals surface area contributed by atoms with Gasteiger partial charge in [-0.3, -0.25) is 4.79 Å². The number of carboxylic acids is 4. The van der Waals surface area contributed by atoms with E-state index in [-0.39, 0.29) is 16.7 Å². The number of benzene rings is 6. The van der Waals surface area contributed by atoms with Crippen molar-refractivity contribution in [2.45, 2.75) is 10.2 Å². The van der Waals surface area contributed by atoms with Gasteiger partial charge in [-0.15, -0.1) is 0 Å². The minimum Gasteiger partial charge on any atom is -0.480 e. The van der Waals surface area contributed by atoms with Crippen molar-refractivity contribution in [2.75, 3.05) is 0 Å². The standard InChI is InChI=1S/C46H29Br3O8/c47-39-24-38(36-20-32(26-6-12-29(13-7-26)42(50)51)18-33(21-36)27-8-14-30(15-9-27)43(52)53)40(48)41(49)46(39,45(56)57)37-22-34(25-4-2-1-3-5-25)19-35(23-37)28-10-16-31(17-11-28)44(54)55/h1-24,41H,(H,50,51)(H,52,53)(H,54,55)(H,56,57). The Bertz CT molecular complexity index is 2570. The Morgan fingerprint density at radius 2 is 0.807 bits per heavy atom. The van der Waals surface area contributed by atoms with Gasteiger partial charge < -0.3 is 20.4 Å². The van der Waals surface area contributed by atoms with Crippen LogP contribution in [0.2, 0.25) is 0 Å². The quantitative estimate of drug-likeness (QED) is 0.0992. The molecule has 11 heteroatoms. The second-order valence-electron chi connectivity index (χ2n) is 13.3. The number of carboxylic acid groups (broad SMARTS) is 4. The van der Waals surface area contributed by atoms with Gasteiger partial charge in [-0.05, 0) is 140 Å². The minimum absolute atomic E-state index is 0.127. The molecule has 4 N–H and O–H groups in total. The lowest BCUT2D eigenvalue weighted by atomic mass is 9.72. The van der Waals surface area contributed by atoms with Crippen LogP contribution in [-0.4, -0.2) is 49.1 Å². The first-order valence-electron chi connectivity index (χ1n) is 17.3. The van der Waals surface area contributed by atoms with Gasteiger partial charge in [-0.1, -0.05) is 115 Å². The van der Waals surface area contributed by atoms with Crippen molar-refractivity contribution >= 4 is 77.2 Å². The van der Waals surface area contributed by atoms with E-state index in [2.05, 4.69) is 47.8 Å². The minimum atomic E-state index is -1.69. The average molecular weight is 949 g/mol. The molecule has 7 rings (SSSR count). The molecular formula is C46H29Br3O8. The fraction of sp³-hybridized carbons (Fsp3) is 0.0435. The second kappa shape index (κ2) is 15.9. The van der Waals surface area contributed by atoms with Gasteiger partial charge in [0.25, 0.3) is 0 Å². The Morgan fingerprint density at radius 3 is 1.18 bits per heavy atom. The summed E-state index contributed by atoms with van der Waals surface area (Å²) < 4.78 is 0.889. The van der Waals surface area contributed by atoms with E-state index in [1.54, 1.807) is 42.5 Å². The molecule has 2 unspecified atom stereocenters. The van der Waals surface area contributed by atoms with E-state index in [0.717, 1.165) is 33.4 Å². The van der Waals surface area contributed by atoms with Gasteiger partial charge in [0.15, 0.2) is 0 Å². The summed E-state index contributed by atoms with van der Waals surface area (Å²) in [5, 5.41) is 39.8. The second-order valence-corrected chi connectivity index (χ2v) is 16.0. The summed E-state index contributed by atoms with van der Waals surface area (Å²) in [7, 11) is 0. The zero-order valence-corrected chi connectivity index (χ0v) is 34.2. The van der Waals surface area contributed by atoms with Gasteiger partial charge in [0.2, 0.25) is 0 Å². The predicted molar refractivity (Wildman–Crippen MR) is 230 cm³/mol. The van der Waals surface area contributed by atoms with Gasteiger partial charge in [-0.25, -0.2) is 14.4 Å². The number of hydrogen-bond donors (Lipinski definition) is 4. The van der Waals surface area contributed by atoms with E-state index in [1.807, 2.05) is 66.7 Å². The molecule has 0 radical (unpaired) electrons. The van der Waals surface area contributed by atoms with Gasteiger partial charge in [-0.2, -0.15) is 0 Å². The van der Waals surface area contributed by atoms with Crippen LogP contribution in [0.25, 0.3) is 50.1 Å². The summed E-state index contributed by atoms with van der Waals surface area (Å²) in [5.74, 6) is -4.29. The molecule has 6 aromatic rings. The highest BCUT2D eigenvalue weighted by Crippen LogP contribution is 2.54. The van der Waals surface area contributed by atoms with Crippen molar-refractivity contribution < 1.29 is 39.6 Å². The molecule has 0 aliphatic heterocycles. The van der Waals surface area contributed by atoms with E-state index in [4.69, 9.17) is 0 Å². The summed E-state index contributed by atoms with van der Waals surface area (Å²) in [6, 6.07) is 40.3. The van der Waals surface area contributed by atoms with E-state index in [0.29, 0.717) is 36.8 Å².